The van der Waals surface area contributed by atoms with Crippen molar-refractivity contribution in [2.24, 2.45) is 0 Å². The number of H-pyrrole nitrogens is 1. The van der Waals surface area contributed by atoms with Crippen LogP contribution in [-0.4, -0.2) is 17.1 Å². The van der Waals surface area contributed by atoms with Crippen molar-refractivity contribution in [1.29, 1.82) is 0 Å². The number of ether oxygens (including phenoxy) is 1. The number of aromatic amines is 1. The summed E-state index contributed by atoms with van der Waals surface area (Å²) in [5.41, 5.74) is 10.8. The first-order valence-electron chi connectivity index (χ1n) is 6.07. The molecule has 0 fully saturated rings. The predicted molar refractivity (Wildman–Crippen MR) is 77.2 cm³/mol. The Kier molecular flexibility index (Phi) is 2.63. The molecule has 0 saturated carbocycles. The first kappa shape index (κ1) is 11.6. The Morgan fingerprint density at radius 2 is 2.11 bits per heavy atom. The highest BCUT2D eigenvalue weighted by molar-refractivity contribution is 5.91. The highest BCUT2D eigenvalue weighted by Crippen LogP contribution is 2.36. The fourth-order valence-electron chi connectivity index (χ4n) is 2.37. The van der Waals surface area contributed by atoms with Crippen LogP contribution in [0.25, 0.3) is 22.2 Å². The lowest BCUT2D eigenvalue weighted by atomic mass is 10.1. The zero-order valence-electron chi connectivity index (χ0n) is 10.9. The van der Waals surface area contributed by atoms with Gasteiger partial charge in [0.1, 0.15) is 5.75 Å². The quantitative estimate of drug-likeness (QED) is 0.690. The van der Waals surface area contributed by atoms with Crippen LogP contribution in [0, 0.1) is 6.92 Å². The molecule has 96 valence electrons. The van der Waals surface area contributed by atoms with Crippen molar-refractivity contribution >= 4 is 16.6 Å². The molecule has 0 amide bonds. The minimum absolute atomic E-state index is 0.715. The molecule has 0 bridgehead atoms. The summed E-state index contributed by atoms with van der Waals surface area (Å²) in [5.74, 6) is 0.803. The first-order chi connectivity index (χ1) is 9.20. The van der Waals surface area contributed by atoms with Gasteiger partial charge in [0, 0.05) is 22.8 Å². The molecular weight excluding hydrogens is 238 g/mol. The average Bonchev–Trinajstić information content (AvgIpc) is 2.76. The van der Waals surface area contributed by atoms with Gasteiger partial charge in [-0.25, -0.2) is 0 Å². The number of benzene rings is 1. The van der Waals surface area contributed by atoms with Gasteiger partial charge < -0.3 is 15.5 Å². The lowest BCUT2D eigenvalue weighted by molar-refractivity contribution is 0.416. The smallest absolute Gasteiger partial charge is 0.128 e. The molecule has 0 unspecified atom stereocenters. The third-order valence-corrected chi connectivity index (χ3v) is 3.35. The monoisotopic (exact) mass is 253 g/mol. The second-order valence-electron chi connectivity index (χ2n) is 4.51. The lowest BCUT2D eigenvalue weighted by Gasteiger charge is -2.09. The predicted octanol–water partition coefficient (Wildman–Crippen LogP) is 3.13. The molecule has 1 aromatic carbocycles. The number of nitrogens with two attached hydrogens (primary N) is 1. The molecule has 0 aliphatic heterocycles. The van der Waals surface area contributed by atoms with Crippen molar-refractivity contribution in [3.63, 3.8) is 0 Å². The Morgan fingerprint density at radius 3 is 2.84 bits per heavy atom. The maximum atomic E-state index is 5.88. The highest BCUT2D eigenvalue weighted by atomic mass is 16.5. The Bertz CT molecular complexity index is 746. The van der Waals surface area contributed by atoms with Crippen molar-refractivity contribution in [2.75, 3.05) is 12.8 Å². The maximum Gasteiger partial charge on any atom is 0.128 e. The van der Waals surface area contributed by atoms with Crippen LogP contribution in [0.2, 0.25) is 0 Å². The Labute approximate surface area is 111 Å². The number of hydrogen-bond acceptors (Lipinski definition) is 3. The van der Waals surface area contributed by atoms with E-state index in [4.69, 9.17) is 10.5 Å². The number of anilines is 1. The van der Waals surface area contributed by atoms with E-state index in [1.807, 2.05) is 30.5 Å². The van der Waals surface area contributed by atoms with Crippen LogP contribution in [0.5, 0.6) is 5.75 Å². The molecule has 3 aromatic rings. The molecule has 2 aromatic heterocycles. The molecular formula is C15H15N3O. The fraction of sp³-hybridized carbons (Fsp3) is 0.133. The summed E-state index contributed by atoms with van der Waals surface area (Å²) in [5, 5.41) is 1.16. The zero-order chi connectivity index (χ0) is 13.4. The number of hydrogen-bond donors (Lipinski definition) is 2. The van der Waals surface area contributed by atoms with Gasteiger partial charge in [-0.3, -0.25) is 4.98 Å². The van der Waals surface area contributed by atoms with E-state index in [9.17, 15) is 0 Å². The summed E-state index contributed by atoms with van der Waals surface area (Å²) in [6.07, 6.45) is 3.62. The van der Waals surface area contributed by atoms with Crippen LogP contribution in [0.4, 0.5) is 5.69 Å². The van der Waals surface area contributed by atoms with E-state index in [2.05, 4.69) is 16.9 Å². The van der Waals surface area contributed by atoms with E-state index < -0.39 is 0 Å². The number of rotatable bonds is 2. The van der Waals surface area contributed by atoms with Crippen molar-refractivity contribution in [3.8, 4) is 17.0 Å². The molecule has 0 saturated heterocycles. The maximum absolute atomic E-state index is 5.88. The van der Waals surface area contributed by atoms with Crippen LogP contribution in [-0.2, 0) is 0 Å². The van der Waals surface area contributed by atoms with Gasteiger partial charge in [-0.15, -0.1) is 0 Å². The highest BCUT2D eigenvalue weighted by Gasteiger charge is 2.13. The number of aromatic nitrogens is 2. The number of pyridine rings is 1. The summed E-state index contributed by atoms with van der Waals surface area (Å²) in [4.78, 5) is 7.52. The van der Waals surface area contributed by atoms with Gasteiger partial charge in [-0.05, 0) is 36.8 Å². The molecule has 2 heterocycles. The SMILES string of the molecule is COc1ccc(N)cc1-c1[nH]c2cnccc2c1C. The van der Waals surface area contributed by atoms with Crippen LogP contribution < -0.4 is 10.5 Å². The van der Waals surface area contributed by atoms with Gasteiger partial charge in [0.15, 0.2) is 0 Å². The van der Waals surface area contributed by atoms with Gasteiger partial charge in [0.05, 0.1) is 24.5 Å². The number of aryl methyl sites for hydroxylation is 1. The van der Waals surface area contributed by atoms with Crippen LogP contribution in [0.15, 0.2) is 36.7 Å². The summed E-state index contributed by atoms with van der Waals surface area (Å²) >= 11 is 0. The van der Waals surface area contributed by atoms with E-state index in [1.54, 1.807) is 13.3 Å². The Hall–Kier alpha value is -2.49. The molecule has 4 heteroatoms. The summed E-state index contributed by atoms with van der Waals surface area (Å²) in [6.45, 7) is 2.08. The molecule has 0 aliphatic rings. The first-order valence-corrected chi connectivity index (χ1v) is 6.07. The molecule has 19 heavy (non-hydrogen) atoms. The van der Waals surface area contributed by atoms with E-state index in [0.717, 1.165) is 27.9 Å². The number of methoxy groups -OCH3 is 1. The van der Waals surface area contributed by atoms with Gasteiger partial charge >= 0.3 is 0 Å². The molecule has 4 nitrogen and oxygen atoms in total. The van der Waals surface area contributed by atoms with Crippen LogP contribution in [0.1, 0.15) is 5.56 Å². The second-order valence-corrected chi connectivity index (χ2v) is 4.51. The molecule has 0 aliphatic carbocycles. The molecule has 0 radical (unpaired) electrons. The molecule has 0 atom stereocenters. The minimum Gasteiger partial charge on any atom is -0.496 e. The van der Waals surface area contributed by atoms with Gasteiger partial charge in [0.25, 0.3) is 0 Å². The number of nitrogen functional groups attached to an aromatic ring is 1. The van der Waals surface area contributed by atoms with E-state index in [0.29, 0.717) is 5.69 Å². The van der Waals surface area contributed by atoms with E-state index in [-0.39, 0.29) is 0 Å². The summed E-state index contributed by atoms with van der Waals surface area (Å²) < 4.78 is 5.41. The van der Waals surface area contributed by atoms with Crippen molar-refractivity contribution in [3.05, 3.63) is 42.2 Å². The Morgan fingerprint density at radius 1 is 1.26 bits per heavy atom. The van der Waals surface area contributed by atoms with Crippen LogP contribution >= 0.6 is 0 Å². The topological polar surface area (TPSA) is 63.9 Å². The van der Waals surface area contributed by atoms with Crippen molar-refractivity contribution in [2.45, 2.75) is 6.92 Å². The average molecular weight is 253 g/mol. The number of nitrogens with zero attached hydrogens (tertiary/aromatic N) is 1. The fourth-order valence-corrected chi connectivity index (χ4v) is 2.37. The largest absolute Gasteiger partial charge is 0.496 e. The van der Waals surface area contributed by atoms with Gasteiger partial charge in [-0.2, -0.15) is 0 Å². The molecule has 0 spiro atoms. The molecule has 3 N–H and O–H groups in total. The minimum atomic E-state index is 0.715. The third kappa shape index (κ3) is 1.81. The number of nitrogens with one attached hydrogen (secondary N) is 1. The summed E-state index contributed by atoms with van der Waals surface area (Å²) in [7, 11) is 1.66. The van der Waals surface area contributed by atoms with E-state index in [1.165, 1.54) is 5.56 Å². The normalized spacial score (nSPS) is 10.8. The third-order valence-electron chi connectivity index (χ3n) is 3.35. The zero-order valence-corrected chi connectivity index (χ0v) is 10.9. The lowest BCUT2D eigenvalue weighted by Crippen LogP contribution is -1.92. The van der Waals surface area contributed by atoms with Crippen LogP contribution in [0.3, 0.4) is 0 Å². The van der Waals surface area contributed by atoms with Gasteiger partial charge in [0.2, 0.25) is 0 Å². The second kappa shape index (κ2) is 4.31. The Balaban J connectivity index is 2.30. The van der Waals surface area contributed by atoms with Gasteiger partial charge in [-0.1, -0.05) is 0 Å². The standard InChI is InChI=1S/C15H15N3O/c1-9-11-5-6-17-8-13(11)18-15(9)12-7-10(16)3-4-14(12)19-2/h3-8,18H,16H2,1-2H3. The number of fused-ring (bicyclic) bond motifs is 1. The molecule has 3 rings (SSSR count). The van der Waals surface area contributed by atoms with Crippen molar-refractivity contribution in [1.82, 2.24) is 9.97 Å². The van der Waals surface area contributed by atoms with Crippen molar-refractivity contribution < 1.29 is 4.74 Å². The summed E-state index contributed by atoms with van der Waals surface area (Å²) in [6, 6.07) is 7.64. The van der Waals surface area contributed by atoms with E-state index >= 15 is 0 Å².